The molecule has 0 aliphatic carbocycles. The van der Waals surface area contributed by atoms with Crippen LogP contribution in [0, 0.1) is 0 Å². The van der Waals surface area contributed by atoms with E-state index in [1.807, 2.05) is 42.5 Å². The number of benzene rings is 2. The van der Waals surface area contributed by atoms with Crippen LogP contribution < -0.4 is 19.5 Å². The second kappa shape index (κ2) is 6.11. The number of aromatic nitrogens is 2. The molecule has 7 nitrogen and oxygen atoms in total. The van der Waals surface area contributed by atoms with Crippen LogP contribution in [0.4, 0.5) is 5.82 Å². The van der Waals surface area contributed by atoms with Gasteiger partial charge in [-0.2, -0.15) is 0 Å². The molecule has 0 fully saturated rings. The number of hydrogen-bond donors (Lipinski definition) is 1. The number of nitrogens with one attached hydrogen (secondary N) is 1. The highest BCUT2D eigenvalue weighted by molar-refractivity contribution is 6.05. The summed E-state index contributed by atoms with van der Waals surface area (Å²) in [4.78, 5) is 8.62. The number of hydrogen-bond acceptors (Lipinski definition) is 7. The summed E-state index contributed by atoms with van der Waals surface area (Å²) >= 11 is 0. The Balaban J connectivity index is 1.28. The van der Waals surface area contributed by atoms with Gasteiger partial charge in [0.25, 0.3) is 0 Å². The summed E-state index contributed by atoms with van der Waals surface area (Å²) in [5, 5.41) is 4.22. The van der Waals surface area contributed by atoms with Crippen molar-refractivity contribution < 1.29 is 18.6 Å². The monoisotopic (exact) mass is 349 g/mol. The van der Waals surface area contributed by atoms with E-state index < -0.39 is 0 Å². The molecule has 2 aromatic carbocycles. The van der Waals surface area contributed by atoms with Gasteiger partial charge in [0.2, 0.25) is 6.79 Å². The van der Waals surface area contributed by atoms with Crippen molar-refractivity contribution >= 4 is 27.9 Å². The number of fused-ring (bicyclic) bond motifs is 4. The zero-order chi connectivity index (χ0) is 17.3. The largest absolute Gasteiger partial charge is 0.492 e. The highest BCUT2D eigenvalue weighted by Crippen LogP contribution is 2.35. The molecule has 0 unspecified atom stereocenters. The maximum Gasteiger partial charge on any atom is 0.231 e. The SMILES string of the molecule is c1ccc2c(c1)oc1c(NCCOc3ccc4c(c3)OCO4)ncnc12. The van der Waals surface area contributed by atoms with Crippen LogP contribution in [0.25, 0.3) is 22.1 Å². The number of para-hydroxylation sites is 1. The van der Waals surface area contributed by atoms with Crippen molar-refractivity contribution in [2.45, 2.75) is 0 Å². The van der Waals surface area contributed by atoms with Gasteiger partial charge in [0.1, 0.15) is 29.8 Å². The summed E-state index contributed by atoms with van der Waals surface area (Å²) in [6.07, 6.45) is 1.53. The van der Waals surface area contributed by atoms with Crippen LogP contribution in [0.3, 0.4) is 0 Å². The number of anilines is 1. The van der Waals surface area contributed by atoms with E-state index in [4.69, 9.17) is 18.6 Å². The first kappa shape index (κ1) is 14.8. The zero-order valence-corrected chi connectivity index (χ0v) is 13.8. The average molecular weight is 349 g/mol. The normalized spacial score (nSPS) is 12.6. The van der Waals surface area contributed by atoms with Gasteiger partial charge in [0, 0.05) is 11.5 Å². The molecule has 0 saturated heterocycles. The van der Waals surface area contributed by atoms with Crippen molar-refractivity contribution in [3.05, 3.63) is 48.8 Å². The molecule has 0 radical (unpaired) electrons. The molecule has 130 valence electrons. The van der Waals surface area contributed by atoms with Crippen LogP contribution in [0.1, 0.15) is 0 Å². The molecule has 0 spiro atoms. The van der Waals surface area contributed by atoms with Gasteiger partial charge in [-0.05, 0) is 24.3 Å². The fourth-order valence-electron chi connectivity index (χ4n) is 2.95. The lowest BCUT2D eigenvalue weighted by Crippen LogP contribution is -2.12. The quantitative estimate of drug-likeness (QED) is 0.552. The Labute approximate surface area is 148 Å². The Bertz CT molecular complexity index is 1090. The number of rotatable bonds is 5. The predicted molar refractivity (Wildman–Crippen MR) is 95.9 cm³/mol. The van der Waals surface area contributed by atoms with Gasteiger partial charge < -0.3 is 23.9 Å². The fraction of sp³-hybridized carbons (Fsp3) is 0.158. The van der Waals surface area contributed by atoms with Gasteiger partial charge in [-0.1, -0.05) is 12.1 Å². The third kappa shape index (κ3) is 2.54. The highest BCUT2D eigenvalue weighted by Gasteiger charge is 2.14. The highest BCUT2D eigenvalue weighted by atomic mass is 16.7. The van der Waals surface area contributed by atoms with Gasteiger partial charge in [-0.25, -0.2) is 9.97 Å². The minimum absolute atomic E-state index is 0.252. The first-order valence-corrected chi connectivity index (χ1v) is 8.27. The summed E-state index contributed by atoms with van der Waals surface area (Å²) in [6, 6.07) is 13.3. The molecule has 4 aromatic rings. The average Bonchev–Trinajstić information content (AvgIpc) is 3.29. The van der Waals surface area contributed by atoms with Gasteiger partial charge in [0.05, 0.1) is 6.54 Å². The molecule has 0 bridgehead atoms. The van der Waals surface area contributed by atoms with Gasteiger partial charge >= 0.3 is 0 Å². The molecule has 26 heavy (non-hydrogen) atoms. The lowest BCUT2D eigenvalue weighted by Gasteiger charge is -2.08. The summed E-state index contributed by atoms with van der Waals surface area (Å²) in [7, 11) is 0. The Morgan fingerprint density at radius 3 is 2.96 bits per heavy atom. The second-order valence-corrected chi connectivity index (χ2v) is 5.79. The molecule has 1 N–H and O–H groups in total. The third-order valence-electron chi connectivity index (χ3n) is 4.17. The first-order valence-electron chi connectivity index (χ1n) is 8.27. The maximum atomic E-state index is 5.89. The second-order valence-electron chi connectivity index (χ2n) is 5.79. The maximum absolute atomic E-state index is 5.89. The lowest BCUT2D eigenvalue weighted by molar-refractivity contribution is 0.174. The standard InChI is InChI=1S/C19H15N3O4/c1-2-4-14-13(3-1)17-18(26-14)19(22-10-21-17)20-7-8-23-12-5-6-15-16(9-12)25-11-24-15/h1-6,9-10H,7-8,11H2,(H,20,21,22). The van der Waals surface area contributed by atoms with Crippen molar-refractivity contribution in [2.75, 3.05) is 25.3 Å². The molecule has 1 aliphatic rings. The van der Waals surface area contributed by atoms with E-state index in [-0.39, 0.29) is 6.79 Å². The molecule has 5 rings (SSSR count). The van der Waals surface area contributed by atoms with Crippen molar-refractivity contribution in [2.24, 2.45) is 0 Å². The molecule has 0 saturated carbocycles. The van der Waals surface area contributed by atoms with Crippen LogP contribution in [0.15, 0.2) is 53.2 Å². The van der Waals surface area contributed by atoms with Crippen LogP contribution in [-0.2, 0) is 0 Å². The minimum Gasteiger partial charge on any atom is -0.492 e. The van der Waals surface area contributed by atoms with Crippen LogP contribution in [-0.4, -0.2) is 29.9 Å². The van der Waals surface area contributed by atoms with E-state index in [9.17, 15) is 0 Å². The van der Waals surface area contributed by atoms with Crippen LogP contribution >= 0.6 is 0 Å². The van der Waals surface area contributed by atoms with E-state index >= 15 is 0 Å². The predicted octanol–water partition coefficient (Wildman–Crippen LogP) is 3.60. The lowest BCUT2D eigenvalue weighted by atomic mass is 10.2. The first-order chi connectivity index (χ1) is 12.9. The Morgan fingerprint density at radius 2 is 1.96 bits per heavy atom. The minimum atomic E-state index is 0.252. The van der Waals surface area contributed by atoms with E-state index in [0.717, 1.165) is 28.0 Å². The molecular weight excluding hydrogens is 334 g/mol. The topological polar surface area (TPSA) is 78.6 Å². The van der Waals surface area contributed by atoms with Crippen molar-refractivity contribution in [3.8, 4) is 17.2 Å². The number of nitrogens with zero attached hydrogens (tertiary/aromatic N) is 2. The Kier molecular flexibility index (Phi) is 3.48. The third-order valence-corrected chi connectivity index (χ3v) is 4.17. The van der Waals surface area contributed by atoms with E-state index in [0.29, 0.717) is 30.3 Å². The summed E-state index contributed by atoms with van der Waals surface area (Å²) in [5.74, 6) is 2.83. The van der Waals surface area contributed by atoms with Crippen molar-refractivity contribution in [1.82, 2.24) is 9.97 Å². The van der Waals surface area contributed by atoms with E-state index in [1.165, 1.54) is 6.33 Å². The van der Waals surface area contributed by atoms with Crippen molar-refractivity contribution in [1.29, 1.82) is 0 Å². The van der Waals surface area contributed by atoms with Crippen LogP contribution in [0.5, 0.6) is 17.2 Å². The molecule has 1 aliphatic heterocycles. The fourth-order valence-corrected chi connectivity index (χ4v) is 2.95. The molecule has 3 heterocycles. The summed E-state index contributed by atoms with van der Waals surface area (Å²) in [5.41, 5.74) is 2.24. The van der Waals surface area contributed by atoms with Crippen molar-refractivity contribution in [3.63, 3.8) is 0 Å². The smallest absolute Gasteiger partial charge is 0.231 e. The van der Waals surface area contributed by atoms with Gasteiger partial charge in [0.15, 0.2) is 22.9 Å². The molecule has 0 amide bonds. The molecule has 0 atom stereocenters. The molecular formula is C19H15N3O4. The Hall–Kier alpha value is -3.48. The summed E-state index contributed by atoms with van der Waals surface area (Å²) in [6.45, 7) is 1.28. The van der Waals surface area contributed by atoms with E-state index in [2.05, 4.69) is 15.3 Å². The molecule has 7 heteroatoms. The van der Waals surface area contributed by atoms with Gasteiger partial charge in [-0.15, -0.1) is 0 Å². The van der Waals surface area contributed by atoms with Crippen LogP contribution in [0.2, 0.25) is 0 Å². The Morgan fingerprint density at radius 1 is 1.04 bits per heavy atom. The number of furan rings is 1. The summed E-state index contributed by atoms with van der Waals surface area (Å²) < 4.78 is 22.3. The number of ether oxygens (including phenoxy) is 3. The zero-order valence-electron chi connectivity index (χ0n) is 13.8. The molecule has 2 aromatic heterocycles. The van der Waals surface area contributed by atoms with Gasteiger partial charge in [-0.3, -0.25) is 0 Å². The van der Waals surface area contributed by atoms with E-state index in [1.54, 1.807) is 0 Å².